The number of nitro groups is 1. The molecule has 0 aliphatic rings. The van der Waals surface area contributed by atoms with Gasteiger partial charge in [-0.1, -0.05) is 0 Å². The van der Waals surface area contributed by atoms with Gasteiger partial charge in [0.15, 0.2) is 6.10 Å². The van der Waals surface area contributed by atoms with Crippen molar-refractivity contribution in [2.45, 2.75) is 13.0 Å². The summed E-state index contributed by atoms with van der Waals surface area (Å²) in [6.07, 6.45) is -1.18. The monoisotopic (exact) mass is 241 g/mol. The van der Waals surface area contributed by atoms with Gasteiger partial charge in [-0.3, -0.25) is 10.1 Å². The van der Waals surface area contributed by atoms with Crippen molar-refractivity contribution in [2.75, 3.05) is 7.11 Å². The van der Waals surface area contributed by atoms with Crippen LogP contribution in [0.3, 0.4) is 0 Å². The highest BCUT2D eigenvalue weighted by molar-refractivity contribution is 5.72. The Hall–Kier alpha value is -2.31. The molecule has 0 spiro atoms. The Morgan fingerprint density at radius 2 is 2.18 bits per heavy atom. The maximum absolute atomic E-state index is 10.7. The summed E-state index contributed by atoms with van der Waals surface area (Å²) in [6.45, 7) is 1.28. The summed E-state index contributed by atoms with van der Waals surface area (Å²) in [6, 6.07) is 3.87. The van der Waals surface area contributed by atoms with Crippen LogP contribution in [0.25, 0.3) is 0 Å². The van der Waals surface area contributed by atoms with E-state index in [9.17, 15) is 14.9 Å². The number of ether oxygens (including phenoxy) is 2. The number of rotatable bonds is 5. The smallest absolute Gasteiger partial charge is 0.344 e. The van der Waals surface area contributed by atoms with E-state index in [0.717, 1.165) is 0 Å². The van der Waals surface area contributed by atoms with Crippen molar-refractivity contribution in [2.24, 2.45) is 0 Å². The number of nitro benzene ring substituents is 1. The molecule has 17 heavy (non-hydrogen) atoms. The van der Waals surface area contributed by atoms with Crippen molar-refractivity contribution in [3.63, 3.8) is 0 Å². The number of carboxylic acids is 1. The highest BCUT2D eigenvalue weighted by Gasteiger charge is 2.21. The fourth-order valence-corrected chi connectivity index (χ4v) is 1.11. The third-order valence-corrected chi connectivity index (χ3v) is 2.02. The molecule has 0 aliphatic carbocycles. The molecule has 0 fully saturated rings. The average Bonchev–Trinajstić information content (AvgIpc) is 2.28. The van der Waals surface area contributed by atoms with Crippen molar-refractivity contribution in [1.29, 1.82) is 0 Å². The van der Waals surface area contributed by atoms with Gasteiger partial charge in [-0.05, 0) is 13.0 Å². The summed E-state index contributed by atoms with van der Waals surface area (Å²) < 4.78 is 9.87. The van der Waals surface area contributed by atoms with Crippen molar-refractivity contribution >= 4 is 11.7 Å². The summed E-state index contributed by atoms with van der Waals surface area (Å²) in [7, 11) is 1.39. The van der Waals surface area contributed by atoms with Gasteiger partial charge in [0, 0.05) is 12.1 Å². The molecule has 0 amide bonds. The second-order valence-corrected chi connectivity index (χ2v) is 3.19. The Bertz CT molecular complexity index is 444. The molecule has 0 saturated heterocycles. The van der Waals surface area contributed by atoms with E-state index < -0.39 is 17.0 Å². The molecule has 1 aromatic rings. The van der Waals surface area contributed by atoms with E-state index >= 15 is 0 Å². The van der Waals surface area contributed by atoms with Gasteiger partial charge in [0.25, 0.3) is 0 Å². The molecule has 7 heteroatoms. The molecular formula is C10H11NO6. The van der Waals surface area contributed by atoms with Gasteiger partial charge >= 0.3 is 11.7 Å². The van der Waals surface area contributed by atoms with Crippen molar-refractivity contribution in [3.8, 4) is 11.5 Å². The van der Waals surface area contributed by atoms with Crippen LogP contribution in [0, 0.1) is 10.1 Å². The number of aliphatic carboxylic acids is 1. The minimum Gasteiger partial charge on any atom is -0.497 e. The molecule has 1 N–H and O–H groups in total. The Kier molecular flexibility index (Phi) is 3.86. The number of carbonyl (C=O) groups is 1. The lowest BCUT2D eigenvalue weighted by molar-refractivity contribution is -0.386. The number of benzene rings is 1. The molecular weight excluding hydrogens is 230 g/mol. The van der Waals surface area contributed by atoms with Crippen molar-refractivity contribution in [3.05, 3.63) is 28.3 Å². The van der Waals surface area contributed by atoms with Gasteiger partial charge in [0.05, 0.1) is 12.0 Å². The quantitative estimate of drug-likeness (QED) is 0.618. The summed E-state index contributed by atoms with van der Waals surface area (Å²) in [5.41, 5.74) is -0.307. The molecule has 92 valence electrons. The second kappa shape index (κ2) is 5.15. The van der Waals surface area contributed by atoms with Crippen LogP contribution >= 0.6 is 0 Å². The average molecular weight is 241 g/mol. The van der Waals surface area contributed by atoms with E-state index in [-0.39, 0.29) is 11.4 Å². The fraction of sp³-hybridized carbons (Fsp3) is 0.300. The zero-order chi connectivity index (χ0) is 13.0. The van der Waals surface area contributed by atoms with E-state index in [2.05, 4.69) is 0 Å². The van der Waals surface area contributed by atoms with Gasteiger partial charge in [0.1, 0.15) is 5.75 Å². The normalized spacial score (nSPS) is 11.6. The Morgan fingerprint density at radius 3 is 2.65 bits per heavy atom. The third-order valence-electron chi connectivity index (χ3n) is 2.02. The van der Waals surface area contributed by atoms with Crippen LogP contribution in [0.5, 0.6) is 11.5 Å². The Balaban J connectivity index is 3.09. The number of carboxylic acid groups (broad SMARTS) is 1. The second-order valence-electron chi connectivity index (χ2n) is 3.19. The number of hydrogen-bond acceptors (Lipinski definition) is 5. The first-order chi connectivity index (χ1) is 7.95. The maximum Gasteiger partial charge on any atom is 0.344 e. The Morgan fingerprint density at radius 1 is 1.53 bits per heavy atom. The lowest BCUT2D eigenvalue weighted by Gasteiger charge is -2.11. The van der Waals surface area contributed by atoms with Gasteiger partial charge in [-0.15, -0.1) is 0 Å². The highest BCUT2D eigenvalue weighted by atomic mass is 16.6. The first-order valence-corrected chi connectivity index (χ1v) is 4.67. The zero-order valence-electron chi connectivity index (χ0n) is 9.25. The van der Waals surface area contributed by atoms with Crippen LogP contribution in [0.1, 0.15) is 6.92 Å². The minimum absolute atomic E-state index is 0.135. The molecule has 7 nitrogen and oxygen atoms in total. The summed E-state index contributed by atoms with van der Waals surface area (Å²) in [5.74, 6) is -0.991. The summed E-state index contributed by atoms with van der Waals surface area (Å²) >= 11 is 0. The van der Waals surface area contributed by atoms with Crippen LogP contribution < -0.4 is 9.47 Å². The van der Waals surface area contributed by atoms with Crippen LogP contribution in [0.15, 0.2) is 18.2 Å². The fourth-order valence-electron chi connectivity index (χ4n) is 1.11. The number of methoxy groups -OCH3 is 1. The predicted molar refractivity (Wildman–Crippen MR) is 57.4 cm³/mol. The molecule has 0 heterocycles. The van der Waals surface area contributed by atoms with Gasteiger partial charge in [-0.25, -0.2) is 4.79 Å². The highest BCUT2D eigenvalue weighted by Crippen LogP contribution is 2.31. The summed E-state index contributed by atoms with van der Waals surface area (Å²) in [5, 5.41) is 19.4. The molecule has 0 aliphatic heterocycles. The van der Waals surface area contributed by atoms with Crippen molar-refractivity contribution < 1.29 is 24.3 Å². The molecule has 0 bridgehead atoms. The lowest BCUT2D eigenvalue weighted by atomic mass is 10.2. The molecule has 1 rings (SSSR count). The van der Waals surface area contributed by atoms with E-state index in [0.29, 0.717) is 5.75 Å². The standard InChI is InChI=1S/C10H11NO6/c1-6(10(12)13)17-9-5-7(16-2)3-4-8(9)11(14)15/h3-6H,1-2H3,(H,12,13). The molecule has 0 saturated carbocycles. The number of nitrogens with zero attached hydrogens (tertiary/aromatic N) is 1. The first kappa shape index (κ1) is 12.8. The molecule has 1 atom stereocenters. The predicted octanol–water partition coefficient (Wildman–Crippen LogP) is 1.46. The van der Waals surface area contributed by atoms with Gasteiger partial charge in [-0.2, -0.15) is 0 Å². The van der Waals surface area contributed by atoms with Gasteiger partial charge in [0.2, 0.25) is 5.75 Å². The Labute approximate surface area is 96.7 Å². The SMILES string of the molecule is COc1ccc([N+](=O)[O-])c(OC(C)C(=O)O)c1. The van der Waals surface area contributed by atoms with E-state index in [1.165, 1.54) is 32.2 Å². The van der Waals surface area contributed by atoms with E-state index in [1.54, 1.807) is 0 Å². The van der Waals surface area contributed by atoms with Crippen LogP contribution in [-0.2, 0) is 4.79 Å². The third kappa shape index (κ3) is 3.07. The van der Waals surface area contributed by atoms with Gasteiger partial charge < -0.3 is 14.6 Å². The van der Waals surface area contributed by atoms with Crippen LogP contribution in [-0.4, -0.2) is 29.2 Å². The first-order valence-electron chi connectivity index (χ1n) is 4.67. The maximum atomic E-state index is 10.7. The minimum atomic E-state index is -1.21. The van der Waals surface area contributed by atoms with E-state index in [1.807, 2.05) is 0 Å². The van der Waals surface area contributed by atoms with Crippen molar-refractivity contribution in [1.82, 2.24) is 0 Å². The van der Waals surface area contributed by atoms with E-state index in [4.69, 9.17) is 14.6 Å². The molecule has 1 aromatic carbocycles. The largest absolute Gasteiger partial charge is 0.497 e. The molecule has 0 aromatic heterocycles. The topological polar surface area (TPSA) is 98.9 Å². The molecule has 0 radical (unpaired) electrons. The van der Waals surface area contributed by atoms with Crippen LogP contribution in [0.2, 0.25) is 0 Å². The molecule has 1 unspecified atom stereocenters. The summed E-state index contributed by atoms with van der Waals surface area (Å²) in [4.78, 5) is 20.7. The zero-order valence-corrected chi connectivity index (χ0v) is 9.25. The number of hydrogen-bond donors (Lipinski definition) is 1. The van der Waals surface area contributed by atoms with Crippen LogP contribution in [0.4, 0.5) is 5.69 Å². The lowest BCUT2D eigenvalue weighted by Crippen LogP contribution is -2.23.